The van der Waals surface area contributed by atoms with Gasteiger partial charge in [-0.2, -0.15) is 10.4 Å². The van der Waals surface area contributed by atoms with Crippen molar-refractivity contribution in [3.8, 4) is 11.8 Å². The average Bonchev–Trinajstić information content (AvgIpc) is 2.87. The van der Waals surface area contributed by atoms with Gasteiger partial charge in [-0.05, 0) is 17.0 Å². The number of non-ortho nitro benzene ring substituents is 1. The number of nitriles is 1. The zero-order valence-corrected chi connectivity index (χ0v) is 11.5. The number of nitrogens with zero attached hydrogens (tertiary/aromatic N) is 4. The van der Waals surface area contributed by atoms with Crippen LogP contribution in [0, 0.1) is 21.4 Å². The molecular weight excluding hydrogens is 256 g/mol. The summed E-state index contributed by atoms with van der Waals surface area (Å²) >= 11 is 0. The molecule has 1 aromatic heterocycles. The molecule has 0 amide bonds. The number of rotatable bonds is 2. The molecule has 0 aliphatic carbocycles. The zero-order valence-electron chi connectivity index (χ0n) is 11.5. The number of nitro groups is 1. The summed E-state index contributed by atoms with van der Waals surface area (Å²) in [6.45, 7) is 6.19. The van der Waals surface area contributed by atoms with Gasteiger partial charge in [0.2, 0.25) is 0 Å². The Bertz CT molecular complexity index is 705. The number of aromatic nitrogens is 2. The maximum Gasteiger partial charge on any atom is 0.270 e. The quantitative estimate of drug-likeness (QED) is 0.620. The van der Waals surface area contributed by atoms with E-state index in [-0.39, 0.29) is 16.7 Å². The topological polar surface area (TPSA) is 84.8 Å². The lowest BCUT2D eigenvalue weighted by atomic mass is 9.90. The summed E-state index contributed by atoms with van der Waals surface area (Å²) in [7, 11) is 0. The molecule has 0 fully saturated rings. The van der Waals surface area contributed by atoms with Crippen LogP contribution in [0.5, 0.6) is 0 Å². The van der Waals surface area contributed by atoms with Crippen LogP contribution in [0.15, 0.2) is 30.6 Å². The van der Waals surface area contributed by atoms with Gasteiger partial charge in [0.1, 0.15) is 6.07 Å². The predicted molar refractivity (Wildman–Crippen MR) is 73.6 cm³/mol. The van der Waals surface area contributed by atoms with Crippen LogP contribution in [0.1, 0.15) is 31.9 Å². The molecule has 0 radical (unpaired) electrons. The molecule has 20 heavy (non-hydrogen) atoms. The van der Waals surface area contributed by atoms with Gasteiger partial charge in [-0.25, -0.2) is 4.68 Å². The molecule has 6 heteroatoms. The molecule has 1 aromatic carbocycles. The van der Waals surface area contributed by atoms with Crippen molar-refractivity contribution in [1.29, 1.82) is 5.26 Å². The molecule has 0 aliphatic rings. The highest BCUT2D eigenvalue weighted by Gasteiger charge is 2.18. The third kappa shape index (κ3) is 2.52. The van der Waals surface area contributed by atoms with Gasteiger partial charge in [-0.15, -0.1) is 0 Å². The van der Waals surface area contributed by atoms with E-state index in [0.29, 0.717) is 5.69 Å². The van der Waals surface area contributed by atoms with Crippen LogP contribution in [0.2, 0.25) is 0 Å². The van der Waals surface area contributed by atoms with Crippen molar-refractivity contribution in [2.45, 2.75) is 26.2 Å². The maximum absolute atomic E-state index is 10.7. The summed E-state index contributed by atoms with van der Waals surface area (Å²) < 4.78 is 1.57. The molecule has 0 atom stereocenters. The Balaban J connectivity index is 2.51. The summed E-state index contributed by atoms with van der Waals surface area (Å²) in [5.41, 5.74) is 1.64. The van der Waals surface area contributed by atoms with E-state index in [1.807, 2.05) is 12.3 Å². The van der Waals surface area contributed by atoms with Crippen molar-refractivity contribution in [2.75, 3.05) is 0 Å². The van der Waals surface area contributed by atoms with Crippen LogP contribution in [0.25, 0.3) is 5.69 Å². The first-order chi connectivity index (χ1) is 9.32. The van der Waals surface area contributed by atoms with Gasteiger partial charge in [-0.1, -0.05) is 20.8 Å². The van der Waals surface area contributed by atoms with Crippen molar-refractivity contribution >= 4 is 5.69 Å². The van der Waals surface area contributed by atoms with Crippen LogP contribution in [-0.4, -0.2) is 14.7 Å². The average molecular weight is 270 g/mol. The van der Waals surface area contributed by atoms with Crippen LogP contribution < -0.4 is 0 Å². The molecular formula is C14H14N4O2. The van der Waals surface area contributed by atoms with Crippen molar-refractivity contribution in [1.82, 2.24) is 9.78 Å². The van der Waals surface area contributed by atoms with E-state index in [0.717, 1.165) is 5.56 Å². The Hall–Kier alpha value is -2.68. The molecule has 0 spiro atoms. The molecule has 0 bridgehead atoms. The third-order valence-corrected chi connectivity index (χ3v) is 3.01. The second-order valence-electron chi connectivity index (χ2n) is 5.49. The Morgan fingerprint density at radius 1 is 1.40 bits per heavy atom. The Morgan fingerprint density at radius 3 is 2.60 bits per heavy atom. The van der Waals surface area contributed by atoms with Crippen molar-refractivity contribution in [3.63, 3.8) is 0 Å². The minimum Gasteiger partial charge on any atom is -0.258 e. The molecule has 0 saturated carbocycles. The highest BCUT2D eigenvalue weighted by atomic mass is 16.6. The number of nitro benzene ring substituents is 1. The summed E-state index contributed by atoms with van der Waals surface area (Å²) in [6.07, 6.45) is 3.57. The molecule has 0 N–H and O–H groups in total. The second-order valence-corrected chi connectivity index (χ2v) is 5.49. The minimum absolute atomic E-state index is 0.0498. The number of hydrogen-bond acceptors (Lipinski definition) is 4. The number of benzene rings is 1. The normalized spacial score (nSPS) is 11.1. The SMILES string of the molecule is CC(C)(C)c1cnn(-c2ccc([N+](=O)[O-])cc2C#N)c1. The van der Waals surface area contributed by atoms with E-state index in [2.05, 4.69) is 25.9 Å². The fourth-order valence-corrected chi connectivity index (χ4v) is 1.77. The van der Waals surface area contributed by atoms with Crippen molar-refractivity contribution < 1.29 is 4.92 Å². The summed E-state index contributed by atoms with van der Waals surface area (Å²) in [5.74, 6) is 0. The largest absolute Gasteiger partial charge is 0.270 e. The fourth-order valence-electron chi connectivity index (χ4n) is 1.77. The Kier molecular flexibility index (Phi) is 3.28. The van der Waals surface area contributed by atoms with Gasteiger partial charge in [0.15, 0.2) is 0 Å². The Morgan fingerprint density at radius 2 is 2.10 bits per heavy atom. The molecule has 0 saturated heterocycles. The molecule has 6 nitrogen and oxygen atoms in total. The lowest BCUT2D eigenvalue weighted by molar-refractivity contribution is -0.384. The predicted octanol–water partition coefficient (Wildman–Crippen LogP) is 2.95. The third-order valence-electron chi connectivity index (χ3n) is 3.01. The van der Waals surface area contributed by atoms with Gasteiger partial charge in [-0.3, -0.25) is 10.1 Å². The first-order valence-electron chi connectivity index (χ1n) is 6.07. The Labute approximate surface area is 116 Å². The van der Waals surface area contributed by atoms with E-state index in [1.165, 1.54) is 18.2 Å². The molecule has 2 rings (SSSR count). The highest BCUT2D eigenvalue weighted by molar-refractivity contribution is 5.54. The van der Waals surface area contributed by atoms with E-state index in [4.69, 9.17) is 5.26 Å². The molecule has 2 aromatic rings. The summed E-state index contributed by atoms with van der Waals surface area (Å²) in [4.78, 5) is 10.2. The second kappa shape index (κ2) is 4.78. The van der Waals surface area contributed by atoms with Crippen LogP contribution in [0.4, 0.5) is 5.69 Å². The van der Waals surface area contributed by atoms with E-state index >= 15 is 0 Å². The highest BCUT2D eigenvalue weighted by Crippen LogP contribution is 2.24. The zero-order chi connectivity index (χ0) is 14.9. The smallest absolute Gasteiger partial charge is 0.258 e. The van der Waals surface area contributed by atoms with Gasteiger partial charge < -0.3 is 0 Å². The van der Waals surface area contributed by atoms with Crippen LogP contribution >= 0.6 is 0 Å². The summed E-state index contributed by atoms with van der Waals surface area (Å²) in [5, 5.41) is 24.1. The molecule has 0 aliphatic heterocycles. The molecule has 1 heterocycles. The van der Waals surface area contributed by atoms with Gasteiger partial charge in [0, 0.05) is 18.3 Å². The van der Waals surface area contributed by atoms with Gasteiger partial charge in [0.25, 0.3) is 5.69 Å². The van der Waals surface area contributed by atoms with E-state index < -0.39 is 4.92 Å². The lowest BCUT2D eigenvalue weighted by Crippen LogP contribution is -2.09. The first-order valence-corrected chi connectivity index (χ1v) is 6.07. The fraction of sp³-hybridized carbons (Fsp3) is 0.286. The standard InChI is InChI=1S/C14H14N4O2/c1-14(2,3)11-8-16-17(9-11)13-5-4-12(18(19)20)6-10(13)7-15/h4-6,8-9H,1-3H3. The minimum atomic E-state index is -0.520. The molecule has 102 valence electrons. The van der Waals surface area contributed by atoms with Gasteiger partial charge >= 0.3 is 0 Å². The first kappa shape index (κ1) is 13.7. The van der Waals surface area contributed by atoms with E-state index in [1.54, 1.807) is 10.9 Å². The maximum atomic E-state index is 10.7. The van der Waals surface area contributed by atoms with Crippen molar-refractivity contribution in [3.05, 3.63) is 51.8 Å². The van der Waals surface area contributed by atoms with E-state index in [9.17, 15) is 10.1 Å². The summed E-state index contributed by atoms with van der Waals surface area (Å²) in [6, 6.07) is 6.14. The van der Waals surface area contributed by atoms with Crippen molar-refractivity contribution in [2.24, 2.45) is 0 Å². The number of hydrogen-bond donors (Lipinski definition) is 0. The van der Waals surface area contributed by atoms with Gasteiger partial charge in [0.05, 0.1) is 22.4 Å². The molecule has 0 unspecified atom stereocenters. The van der Waals surface area contributed by atoms with Crippen LogP contribution in [0.3, 0.4) is 0 Å². The lowest BCUT2D eigenvalue weighted by Gasteiger charge is -2.15. The monoisotopic (exact) mass is 270 g/mol. The van der Waals surface area contributed by atoms with Crippen LogP contribution in [-0.2, 0) is 5.41 Å².